The predicted octanol–water partition coefficient (Wildman–Crippen LogP) is 1.45. The van der Waals surface area contributed by atoms with Crippen LogP contribution in [0.4, 0.5) is 0 Å². The molecule has 0 aliphatic heterocycles. The molecule has 0 spiro atoms. The van der Waals surface area contributed by atoms with E-state index in [-0.39, 0.29) is 0 Å². The Balaban J connectivity index is 2.70. The standard InChI is InChI=1S/C9H15NO2/c1-7-8(6-11-3)4-9(12-7)5-10-2/h4,10H,5-6H2,1-3H3. The third-order valence-electron chi connectivity index (χ3n) is 1.72. The van der Waals surface area contributed by atoms with Gasteiger partial charge in [-0.1, -0.05) is 0 Å². The molecule has 0 fully saturated rings. The maximum absolute atomic E-state index is 5.47. The average molecular weight is 169 g/mol. The van der Waals surface area contributed by atoms with E-state index in [1.54, 1.807) is 7.11 Å². The Labute approximate surface area is 72.7 Å². The molecular weight excluding hydrogens is 154 g/mol. The molecule has 0 saturated carbocycles. The number of ether oxygens (including phenoxy) is 1. The van der Waals surface area contributed by atoms with Crippen molar-refractivity contribution in [3.05, 3.63) is 23.2 Å². The topological polar surface area (TPSA) is 34.4 Å². The maximum Gasteiger partial charge on any atom is 0.118 e. The first kappa shape index (κ1) is 9.29. The molecule has 12 heavy (non-hydrogen) atoms. The van der Waals surface area contributed by atoms with Crippen molar-refractivity contribution in [1.29, 1.82) is 0 Å². The van der Waals surface area contributed by atoms with Crippen LogP contribution in [0.25, 0.3) is 0 Å². The second kappa shape index (κ2) is 4.28. The number of hydrogen-bond donors (Lipinski definition) is 1. The fourth-order valence-corrected chi connectivity index (χ4v) is 1.15. The van der Waals surface area contributed by atoms with Crippen LogP contribution in [-0.4, -0.2) is 14.2 Å². The van der Waals surface area contributed by atoms with E-state index in [1.165, 1.54) is 0 Å². The number of aryl methyl sites for hydroxylation is 1. The second-order valence-corrected chi connectivity index (χ2v) is 2.76. The minimum absolute atomic E-state index is 0.624. The zero-order chi connectivity index (χ0) is 8.97. The highest BCUT2D eigenvalue weighted by Crippen LogP contribution is 2.14. The highest BCUT2D eigenvalue weighted by molar-refractivity contribution is 5.19. The Kier molecular flexibility index (Phi) is 3.31. The lowest BCUT2D eigenvalue weighted by atomic mass is 10.2. The van der Waals surface area contributed by atoms with Crippen LogP contribution in [0, 0.1) is 6.92 Å². The normalized spacial score (nSPS) is 10.6. The minimum Gasteiger partial charge on any atom is -0.465 e. The van der Waals surface area contributed by atoms with Crippen LogP contribution < -0.4 is 5.32 Å². The molecule has 3 nitrogen and oxygen atoms in total. The van der Waals surface area contributed by atoms with Gasteiger partial charge in [-0.2, -0.15) is 0 Å². The third-order valence-corrected chi connectivity index (χ3v) is 1.72. The van der Waals surface area contributed by atoms with Crippen molar-refractivity contribution < 1.29 is 9.15 Å². The summed E-state index contributed by atoms with van der Waals surface area (Å²) in [6, 6.07) is 2.02. The van der Waals surface area contributed by atoms with Gasteiger partial charge in [-0.15, -0.1) is 0 Å². The number of hydrogen-bond acceptors (Lipinski definition) is 3. The van der Waals surface area contributed by atoms with Crippen LogP contribution in [-0.2, 0) is 17.9 Å². The Morgan fingerprint density at radius 1 is 1.58 bits per heavy atom. The number of furan rings is 1. The van der Waals surface area contributed by atoms with Crippen molar-refractivity contribution in [2.24, 2.45) is 0 Å². The molecule has 3 heteroatoms. The Bertz CT molecular complexity index is 243. The molecule has 0 bridgehead atoms. The lowest BCUT2D eigenvalue weighted by Gasteiger charge is -1.93. The maximum atomic E-state index is 5.47. The van der Waals surface area contributed by atoms with E-state index >= 15 is 0 Å². The molecule has 1 aromatic rings. The monoisotopic (exact) mass is 169 g/mol. The molecule has 1 heterocycles. The zero-order valence-electron chi connectivity index (χ0n) is 7.81. The number of nitrogens with one attached hydrogen (secondary N) is 1. The quantitative estimate of drug-likeness (QED) is 0.740. The van der Waals surface area contributed by atoms with Crippen molar-refractivity contribution in [2.75, 3.05) is 14.2 Å². The average Bonchev–Trinajstić information content (AvgIpc) is 2.34. The van der Waals surface area contributed by atoms with Crippen molar-refractivity contribution in [2.45, 2.75) is 20.1 Å². The van der Waals surface area contributed by atoms with Crippen molar-refractivity contribution in [1.82, 2.24) is 5.32 Å². The van der Waals surface area contributed by atoms with Crippen LogP contribution in [0.15, 0.2) is 10.5 Å². The highest BCUT2D eigenvalue weighted by Gasteiger charge is 2.05. The van der Waals surface area contributed by atoms with E-state index in [4.69, 9.17) is 9.15 Å². The number of methoxy groups -OCH3 is 1. The first-order chi connectivity index (χ1) is 5.77. The molecule has 0 unspecified atom stereocenters. The molecule has 0 amide bonds. The SMILES string of the molecule is CNCc1cc(COC)c(C)o1. The van der Waals surface area contributed by atoms with Crippen LogP contribution in [0.5, 0.6) is 0 Å². The molecule has 0 aromatic carbocycles. The lowest BCUT2D eigenvalue weighted by molar-refractivity contribution is 0.183. The predicted molar refractivity (Wildman–Crippen MR) is 46.9 cm³/mol. The minimum atomic E-state index is 0.624. The molecule has 0 saturated heterocycles. The Hall–Kier alpha value is -0.800. The van der Waals surface area contributed by atoms with Gasteiger partial charge in [0.2, 0.25) is 0 Å². The van der Waals surface area contributed by atoms with Gasteiger partial charge in [-0.3, -0.25) is 0 Å². The summed E-state index contributed by atoms with van der Waals surface area (Å²) in [5.74, 6) is 1.91. The summed E-state index contributed by atoms with van der Waals surface area (Å²) >= 11 is 0. The largest absolute Gasteiger partial charge is 0.465 e. The molecule has 0 aliphatic rings. The second-order valence-electron chi connectivity index (χ2n) is 2.76. The van der Waals surface area contributed by atoms with Crippen LogP contribution in [0.2, 0.25) is 0 Å². The van der Waals surface area contributed by atoms with Gasteiger partial charge >= 0.3 is 0 Å². The van der Waals surface area contributed by atoms with Gasteiger partial charge in [0, 0.05) is 12.7 Å². The first-order valence-electron chi connectivity index (χ1n) is 3.99. The number of rotatable bonds is 4. The zero-order valence-corrected chi connectivity index (χ0v) is 7.81. The van der Waals surface area contributed by atoms with E-state index in [9.17, 15) is 0 Å². The fraction of sp³-hybridized carbons (Fsp3) is 0.556. The van der Waals surface area contributed by atoms with Gasteiger partial charge in [0.15, 0.2) is 0 Å². The van der Waals surface area contributed by atoms with Crippen LogP contribution in [0.1, 0.15) is 17.1 Å². The summed E-state index contributed by atoms with van der Waals surface area (Å²) in [4.78, 5) is 0. The Morgan fingerprint density at radius 2 is 2.33 bits per heavy atom. The summed E-state index contributed by atoms with van der Waals surface area (Å²) in [5, 5.41) is 3.03. The van der Waals surface area contributed by atoms with Gasteiger partial charge in [-0.25, -0.2) is 0 Å². The van der Waals surface area contributed by atoms with Crippen LogP contribution >= 0.6 is 0 Å². The van der Waals surface area contributed by atoms with Crippen molar-refractivity contribution in [3.63, 3.8) is 0 Å². The first-order valence-corrected chi connectivity index (χ1v) is 3.99. The molecule has 0 aliphatic carbocycles. The molecule has 68 valence electrons. The van der Waals surface area contributed by atoms with Gasteiger partial charge in [0.1, 0.15) is 11.5 Å². The highest BCUT2D eigenvalue weighted by atomic mass is 16.5. The molecular formula is C9H15NO2. The summed E-state index contributed by atoms with van der Waals surface area (Å²) in [7, 11) is 3.58. The lowest BCUT2D eigenvalue weighted by Crippen LogP contribution is -2.03. The van der Waals surface area contributed by atoms with E-state index in [0.717, 1.165) is 23.6 Å². The van der Waals surface area contributed by atoms with Gasteiger partial charge < -0.3 is 14.5 Å². The molecule has 0 atom stereocenters. The van der Waals surface area contributed by atoms with E-state index in [0.29, 0.717) is 6.61 Å². The van der Waals surface area contributed by atoms with Gasteiger partial charge in [-0.05, 0) is 20.0 Å². The van der Waals surface area contributed by atoms with E-state index in [2.05, 4.69) is 5.32 Å². The molecule has 1 rings (SSSR count). The van der Waals surface area contributed by atoms with E-state index < -0.39 is 0 Å². The Morgan fingerprint density at radius 3 is 2.92 bits per heavy atom. The van der Waals surface area contributed by atoms with Crippen molar-refractivity contribution in [3.8, 4) is 0 Å². The third kappa shape index (κ3) is 2.09. The van der Waals surface area contributed by atoms with Crippen molar-refractivity contribution >= 4 is 0 Å². The summed E-state index contributed by atoms with van der Waals surface area (Å²) < 4.78 is 10.5. The van der Waals surface area contributed by atoms with Gasteiger partial charge in [0.25, 0.3) is 0 Å². The van der Waals surface area contributed by atoms with E-state index in [1.807, 2.05) is 20.0 Å². The summed E-state index contributed by atoms with van der Waals surface area (Å²) in [6.07, 6.45) is 0. The fourth-order valence-electron chi connectivity index (χ4n) is 1.15. The molecule has 1 N–H and O–H groups in total. The summed E-state index contributed by atoms with van der Waals surface area (Å²) in [6.45, 7) is 3.34. The van der Waals surface area contributed by atoms with Crippen LogP contribution in [0.3, 0.4) is 0 Å². The molecule has 1 aromatic heterocycles. The van der Waals surface area contributed by atoms with Gasteiger partial charge in [0.05, 0.1) is 13.2 Å². The smallest absolute Gasteiger partial charge is 0.118 e. The molecule has 0 radical (unpaired) electrons. The summed E-state index contributed by atoms with van der Waals surface area (Å²) in [5.41, 5.74) is 1.13.